The van der Waals surface area contributed by atoms with Crippen molar-refractivity contribution in [2.24, 2.45) is 0 Å². The molecule has 0 amide bonds. The summed E-state index contributed by atoms with van der Waals surface area (Å²) in [5.41, 5.74) is 0. The van der Waals surface area contributed by atoms with Crippen LogP contribution >= 0.6 is 27.3 Å². The van der Waals surface area contributed by atoms with Gasteiger partial charge in [0.25, 0.3) is 0 Å². The van der Waals surface area contributed by atoms with Gasteiger partial charge in [-0.1, -0.05) is 6.92 Å². The molecule has 1 fully saturated rings. The van der Waals surface area contributed by atoms with Crippen LogP contribution in [0.3, 0.4) is 0 Å². The fourth-order valence-electron chi connectivity index (χ4n) is 1.81. The molecule has 0 aliphatic carbocycles. The predicted octanol–water partition coefficient (Wildman–Crippen LogP) is 2.94. The number of rotatable bonds is 2. The Hall–Kier alpha value is 0.0700. The summed E-state index contributed by atoms with van der Waals surface area (Å²) in [5, 5.41) is 4.71. The van der Waals surface area contributed by atoms with Crippen LogP contribution in [0.15, 0.2) is 4.60 Å². The number of thiazole rings is 1. The molecule has 0 radical (unpaired) electrons. The third kappa shape index (κ3) is 2.18. The van der Waals surface area contributed by atoms with Crippen LogP contribution in [0.1, 0.15) is 35.6 Å². The lowest BCUT2D eigenvalue weighted by Crippen LogP contribution is -2.26. The van der Waals surface area contributed by atoms with E-state index in [-0.39, 0.29) is 0 Å². The minimum Gasteiger partial charge on any atom is -0.317 e. The Morgan fingerprint density at radius 1 is 1.50 bits per heavy atom. The maximum absolute atomic E-state index is 4.61. The van der Waals surface area contributed by atoms with Crippen molar-refractivity contribution in [2.75, 3.05) is 13.1 Å². The largest absolute Gasteiger partial charge is 0.317 e. The molecular weight excluding hydrogens is 260 g/mol. The summed E-state index contributed by atoms with van der Waals surface area (Å²) in [6.07, 6.45) is 3.56. The minimum absolute atomic E-state index is 0.692. The normalized spacial score (nSPS) is 18.7. The Kier molecular flexibility index (Phi) is 3.57. The summed E-state index contributed by atoms with van der Waals surface area (Å²) >= 11 is 5.41. The average Bonchev–Trinajstić information content (AvgIpc) is 2.61. The molecule has 0 unspecified atom stereocenters. The number of hydrogen-bond donors (Lipinski definition) is 1. The average molecular weight is 275 g/mol. The van der Waals surface area contributed by atoms with Crippen LogP contribution in [-0.4, -0.2) is 18.1 Å². The Morgan fingerprint density at radius 2 is 2.21 bits per heavy atom. The van der Waals surface area contributed by atoms with E-state index in [1.807, 2.05) is 11.3 Å². The molecule has 4 heteroatoms. The van der Waals surface area contributed by atoms with Gasteiger partial charge in [-0.3, -0.25) is 0 Å². The number of aryl methyl sites for hydroxylation is 1. The summed E-state index contributed by atoms with van der Waals surface area (Å²) < 4.78 is 1.07. The van der Waals surface area contributed by atoms with Crippen LogP contribution in [0.2, 0.25) is 0 Å². The second-order valence-corrected chi connectivity index (χ2v) is 5.51. The first kappa shape index (κ1) is 10.6. The molecule has 1 saturated heterocycles. The summed E-state index contributed by atoms with van der Waals surface area (Å²) in [4.78, 5) is 6.00. The van der Waals surface area contributed by atoms with Gasteiger partial charge in [0.2, 0.25) is 0 Å². The number of halogens is 1. The number of nitrogens with one attached hydrogen (secondary N) is 1. The van der Waals surface area contributed by atoms with Crippen molar-refractivity contribution in [1.82, 2.24) is 10.3 Å². The molecule has 1 aromatic heterocycles. The lowest BCUT2D eigenvalue weighted by atomic mass is 9.99. The number of aromatic nitrogens is 1. The van der Waals surface area contributed by atoms with E-state index in [0.717, 1.165) is 24.1 Å². The number of hydrogen-bond acceptors (Lipinski definition) is 3. The fraction of sp³-hybridized carbons (Fsp3) is 0.700. The smallest absolute Gasteiger partial charge is 0.120 e. The van der Waals surface area contributed by atoms with E-state index in [4.69, 9.17) is 0 Å². The first-order chi connectivity index (χ1) is 6.81. The second kappa shape index (κ2) is 4.73. The topological polar surface area (TPSA) is 24.9 Å². The predicted molar refractivity (Wildman–Crippen MR) is 64.0 cm³/mol. The number of nitrogens with zero attached hydrogens (tertiary/aromatic N) is 1. The van der Waals surface area contributed by atoms with Crippen LogP contribution in [0.4, 0.5) is 0 Å². The summed E-state index contributed by atoms with van der Waals surface area (Å²) in [5.74, 6) is 0.692. The van der Waals surface area contributed by atoms with Crippen molar-refractivity contribution in [1.29, 1.82) is 0 Å². The first-order valence-electron chi connectivity index (χ1n) is 5.17. The van der Waals surface area contributed by atoms with Crippen molar-refractivity contribution in [3.05, 3.63) is 14.5 Å². The van der Waals surface area contributed by atoms with Crippen molar-refractivity contribution in [3.63, 3.8) is 0 Å². The first-order valence-corrected chi connectivity index (χ1v) is 6.78. The van der Waals surface area contributed by atoms with E-state index in [1.165, 1.54) is 22.7 Å². The highest BCUT2D eigenvalue weighted by Crippen LogP contribution is 2.33. The highest BCUT2D eigenvalue weighted by atomic mass is 79.9. The van der Waals surface area contributed by atoms with Gasteiger partial charge in [0.15, 0.2) is 0 Å². The van der Waals surface area contributed by atoms with Gasteiger partial charge >= 0.3 is 0 Å². The molecule has 0 spiro atoms. The van der Waals surface area contributed by atoms with Gasteiger partial charge in [0.05, 0.1) is 5.01 Å². The standard InChI is InChI=1S/C10H15BrN2S/c1-2-8-9(11)13-10(14-8)7-3-5-12-6-4-7/h7,12H,2-6H2,1H3. The maximum Gasteiger partial charge on any atom is 0.120 e. The monoisotopic (exact) mass is 274 g/mol. The minimum atomic E-state index is 0.692. The van der Waals surface area contributed by atoms with Gasteiger partial charge < -0.3 is 5.32 Å². The van der Waals surface area contributed by atoms with E-state index < -0.39 is 0 Å². The number of piperidine rings is 1. The zero-order valence-corrected chi connectivity index (χ0v) is 10.7. The molecule has 1 aliphatic rings. The SMILES string of the molecule is CCc1sc(C2CCNCC2)nc1Br. The van der Waals surface area contributed by atoms with Crippen LogP contribution < -0.4 is 5.32 Å². The molecule has 78 valence electrons. The van der Waals surface area contributed by atoms with Gasteiger partial charge in [-0.15, -0.1) is 11.3 Å². The quantitative estimate of drug-likeness (QED) is 0.897. The van der Waals surface area contributed by atoms with Gasteiger partial charge in [0.1, 0.15) is 4.60 Å². The molecule has 1 aromatic rings. The molecule has 0 saturated carbocycles. The van der Waals surface area contributed by atoms with Crippen molar-refractivity contribution in [3.8, 4) is 0 Å². The van der Waals surface area contributed by atoms with E-state index in [9.17, 15) is 0 Å². The molecule has 0 aromatic carbocycles. The van der Waals surface area contributed by atoms with Crippen molar-refractivity contribution < 1.29 is 0 Å². The fourth-order valence-corrected chi connectivity index (χ4v) is 3.71. The molecule has 2 rings (SSSR count). The zero-order valence-electron chi connectivity index (χ0n) is 8.35. The van der Waals surface area contributed by atoms with Crippen LogP contribution in [0.5, 0.6) is 0 Å². The molecule has 1 aliphatic heterocycles. The van der Waals surface area contributed by atoms with Crippen molar-refractivity contribution in [2.45, 2.75) is 32.1 Å². The Balaban J connectivity index is 2.14. The lowest BCUT2D eigenvalue weighted by Gasteiger charge is -2.20. The maximum atomic E-state index is 4.61. The Morgan fingerprint density at radius 3 is 2.79 bits per heavy atom. The van der Waals surface area contributed by atoms with Gasteiger partial charge in [-0.25, -0.2) is 4.98 Å². The van der Waals surface area contributed by atoms with Crippen molar-refractivity contribution >= 4 is 27.3 Å². The highest BCUT2D eigenvalue weighted by molar-refractivity contribution is 9.10. The summed E-state index contributed by atoms with van der Waals surface area (Å²) in [7, 11) is 0. The third-order valence-electron chi connectivity index (χ3n) is 2.68. The highest BCUT2D eigenvalue weighted by Gasteiger charge is 2.19. The second-order valence-electron chi connectivity index (χ2n) is 3.64. The van der Waals surface area contributed by atoms with Crippen LogP contribution in [0.25, 0.3) is 0 Å². The van der Waals surface area contributed by atoms with Crippen LogP contribution in [-0.2, 0) is 6.42 Å². The molecular formula is C10H15BrN2S. The zero-order chi connectivity index (χ0) is 9.97. The lowest BCUT2D eigenvalue weighted by molar-refractivity contribution is 0.459. The van der Waals surface area contributed by atoms with E-state index in [2.05, 4.69) is 33.2 Å². The molecule has 1 N–H and O–H groups in total. The van der Waals surface area contributed by atoms with E-state index in [0.29, 0.717) is 5.92 Å². The van der Waals surface area contributed by atoms with E-state index in [1.54, 1.807) is 0 Å². The Labute approximate surface area is 97.3 Å². The van der Waals surface area contributed by atoms with Gasteiger partial charge in [-0.05, 0) is 48.3 Å². The third-order valence-corrected chi connectivity index (χ3v) is 4.96. The molecule has 14 heavy (non-hydrogen) atoms. The molecule has 2 nitrogen and oxygen atoms in total. The summed E-state index contributed by atoms with van der Waals surface area (Å²) in [6.45, 7) is 4.47. The molecule has 0 atom stereocenters. The molecule has 2 heterocycles. The summed E-state index contributed by atoms with van der Waals surface area (Å²) in [6, 6.07) is 0. The van der Waals surface area contributed by atoms with Gasteiger partial charge in [-0.2, -0.15) is 0 Å². The molecule has 0 bridgehead atoms. The van der Waals surface area contributed by atoms with Gasteiger partial charge in [0, 0.05) is 10.8 Å². The van der Waals surface area contributed by atoms with E-state index >= 15 is 0 Å². The Bertz CT molecular complexity index is 305. The van der Waals surface area contributed by atoms with Crippen LogP contribution in [0, 0.1) is 0 Å².